The fourth-order valence-corrected chi connectivity index (χ4v) is 3.86. The van der Waals surface area contributed by atoms with Gasteiger partial charge >= 0.3 is 0 Å². The minimum absolute atomic E-state index is 0.198. The molecule has 0 radical (unpaired) electrons. The van der Waals surface area contributed by atoms with Crippen LogP contribution in [0.3, 0.4) is 0 Å². The van der Waals surface area contributed by atoms with Gasteiger partial charge in [-0.1, -0.05) is 30.3 Å². The molecule has 0 aliphatic carbocycles. The summed E-state index contributed by atoms with van der Waals surface area (Å²) in [5.41, 5.74) is 5.95. The summed E-state index contributed by atoms with van der Waals surface area (Å²) in [4.78, 5) is 4.97. The lowest BCUT2D eigenvalue weighted by atomic mass is 10.1. The lowest BCUT2D eigenvalue weighted by Crippen LogP contribution is -2.03. The lowest BCUT2D eigenvalue weighted by molar-refractivity contribution is 0.171. The monoisotopic (exact) mass is 387 g/mol. The number of aromatic nitrogens is 3. The van der Waals surface area contributed by atoms with Gasteiger partial charge in [0.1, 0.15) is 0 Å². The van der Waals surface area contributed by atoms with E-state index in [0.717, 1.165) is 33.5 Å². The third-order valence-corrected chi connectivity index (χ3v) is 5.20. The van der Waals surface area contributed by atoms with Crippen molar-refractivity contribution in [3.05, 3.63) is 65.4 Å². The van der Waals surface area contributed by atoms with Crippen LogP contribution >= 0.6 is 0 Å². The summed E-state index contributed by atoms with van der Waals surface area (Å²) >= 11 is 0. The van der Waals surface area contributed by atoms with E-state index in [2.05, 4.69) is 25.1 Å². The van der Waals surface area contributed by atoms with Crippen molar-refractivity contribution in [2.75, 3.05) is 13.9 Å². The van der Waals surface area contributed by atoms with E-state index >= 15 is 0 Å². The maximum absolute atomic E-state index is 5.58. The molecule has 4 aromatic rings. The maximum atomic E-state index is 5.58. The maximum Gasteiger partial charge on any atom is 0.231 e. The van der Waals surface area contributed by atoms with Gasteiger partial charge in [-0.15, -0.1) is 0 Å². The highest BCUT2D eigenvalue weighted by Crippen LogP contribution is 2.44. The molecule has 0 saturated carbocycles. The molecule has 5 rings (SSSR count). The highest BCUT2D eigenvalue weighted by Gasteiger charge is 2.22. The van der Waals surface area contributed by atoms with Gasteiger partial charge < -0.3 is 14.2 Å². The zero-order valence-electron chi connectivity index (χ0n) is 16.6. The third kappa shape index (κ3) is 2.97. The van der Waals surface area contributed by atoms with Crippen molar-refractivity contribution in [1.82, 2.24) is 14.8 Å². The van der Waals surface area contributed by atoms with E-state index in [-0.39, 0.29) is 6.79 Å². The number of methoxy groups -OCH3 is 1. The van der Waals surface area contributed by atoms with E-state index in [9.17, 15) is 0 Å². The molecule has 0 N–H and O–H groups in total. The van der Waals surface area contributed by atoms with E-state index in [1.54, 1.807) is 7.11 Å². The third-order valence-electron chi connectivity index (χ3n) is 5.20. The number of rotatable bonds is 4. The number of benzene rings is 2. The van der Waals surface area contributed by atoms with Gasteiger partial charge in [0.25, 0.3) is 0 Å². The molecular formula is C23H21N3O3. The molecule has 0 amide bonds. The number of fused-ring (bicyclic) bond motifs is 2. The number of pyridine rings is 1. The predicted octanol–water partition coefficient (Wildman–Crippen LogP) is 4.50. The summed E-state index contributed by atoms with van der Waals surface area (Å²) in [6.45, 7) is 5.00. The SMILES string of the molecule is COc1cc(-c2cc(C)c3c(C)nn(Cc4ccccc4)c3n2)cc2c1OCO2. The van der Waals surface area contributed by atoms with Crippen molar-refractivity contribution in [3.8, 4) is 28.5 Å². The molecule has 6 nitrogen and oxygen atoms in total. The smallest absolute Gasteiger partial charge is 0.231 e. The van der Waals surface area contributed by atoms with Gasteiger partial charge in [-0.05, 0) is 43.2 Å². The molecule has 6 heteroatoms. The van der Waals surface area contributed by atoms with Crippen molar-refractivity contribution in [2.45, 2.75) is 20.4 Å². The first-order valence-corrected chi connectivity index (χ1v) is 9.50. The van der Waals surface area contributed by atoms with Gasteiger partial charge in [-0.3, -0.25) is 0 Å². The van der Waals surface area contributed by atoms with Crippen molar-refractivity contribution < 1.29 is 14.2 Å². The van der Waals surface area contributed by atoms with Crippen LogP contribution in [0.2, 0.25) is 0 Å². The summed E-state index contributed by atoms with van der Waals surface area (Å²) in [5.74, 6) is 1.95. The molecule has 0 spiro atoms. The van der Waals surface area contributed by atoms with Gasteiger partial charge in [0.05, 0.1) is 25.0 Å². The Morgan fingerprint density at radius 3 is 2.69 bits per heavy atom. The Bertz CT molecular complexity index is 1220. The topological polar surface area (TPSA) is 58.4 Å². The standard InChI is InChI=1S/C23H21N3O3/c1-14-9-18(17-10-19(27-3)22-20(11-17)28-13-29-22)24-23-21(14)15(2)25-26(23)12-16-7-5-4-6-8-16/h4-11H,12-13H2,1-3H3. The lowest BCUT2D eigenvalue weighted by Gasteiger charge is -2.10. The molecule has 2 aromatic heterocycles. The molecule has 1 aliphatic rings. The Hall–Kier alpha value is -3.54. The van der Waals surface area contributed by atoms with Crippen LogP contribution in [-0.4, -0.2) is 28.7 Å². The van der Waals surface area contributed by atoms with E-state index in [1.807, 2.05) is 41.9 Å². The van der Waals surface area contributed by atoms with E-state index in [0.29, 0.717) is 23.8 Å². The number of aryl methyl sites for hydroxylation is 2. The summed E-state index contributed by atoms with van der Waals surface area (Å²) < 4.78 is 18.6. The van der Waals surface area contributed by atoms with Crippen molar-refractivity contribution >= 4 is 11.0 Å². The highest BCUT2D eigenvalue weighted by molar-refractivity contribution is 5.85. The molecule has 0 saturated heterocycles. The van der Waals surface area contributed by atoms with Crippen LogP contribution in [0.5, 0.6) is 17.2 Å². The number of nitrogens with zero attached hydrogens (tertiary/aromatic N) is 3. The zero-order chi connectivity index (χ0) is 20.0. The largest absolute Gasteiger partial charge is 0.493 e. The highest BCUT2D eigenvalue weighted by atomic mass is 16.7. The molecular weight excluding hydrogens is 366 g/mol. The number of hydrogen-bond acceptors (Lipinski definition) is 5. The summed E-state index contributed by atoms with van der Waals surface area (Å²) in [6.07, 6.45) is 0. The first kappa shape index (κ1) is 17.6. The van der Waals surface area contributed by atoms with Crippen LogP contribution in [0.4, 0.5) is 0 Å². The minimum atomic E-state index is 0.198. The second-order valence-electron chi connectivity index (χ2n) is 7.16. The van der Waals surface area contributed by atoms with E-state index in [1.165, 1.54) is 5.56 Å². The molecule has 0 fully saturated rings. The Morgan fingerprint density at radius 2 is 1.90 bits per heavy atom. The second-order valence-corrected chi connectivity index (χ2v) is 7.16. The van der Waals surface area contributed by atoms with Crippen molar-refractivity contribution in [2.24, 2.45) is 0 Å². The summed E-state index contributed by atoms with van der Waals surface area (Å²) in [6, 6.07) is 16.3. The molecule has 0 bridgehead atoms. The fraction of sp³-hybridized carbons (Fsp3) is 0.217. The first-order valence-electron chi connectivity index (χ1n) is 9.50. The normalized spacial score (nSPS) is 12.5. The van der Waals surface area contributed by atoms with Crippen LogP contribution in [0.1, 0.15) is 16.8 Å². The Labute approximate surface area is 168 Å². The summed E-state index contributed by atoms with van der Waals surface area (Å²) in [5, 5.41) is 5.85. The van der Waals surface area contributed by atoms with Gasteiger partial charge in [0.15, 0.2) is 17.1 Å². The van der Waals surface area contributed by atoms with Crippen LogP contribution in [0.15, 0.2) is 48.5 Å². The van der Waals surface area contributed by atoms with Crippen LogP contribution < -0.4 is 14.2 Å². The Morgan fingerprint density at radius 1 is 1.07 bits per heavy atom. The number of ether oxygens (including phenoxy) is 3. The Balaban J connectivity index is 1.66. The van der Waals surface area contributed by atoms with Crippen LogP contribution in [-0.2, 0) is 6.54 Å². The summed E-state index contributed by atoms with van der Waals surface area (Å²) in [7, 11) is 1.63. The Kier molecular flexibility index (Phi) is 4.12. The van der Waals surface area contributed by atoms with Crippen molar-refractivity contribution in [1.29, 1.82) is 0 Å². The molecule has 29 heavy (non-hydrogen) atoms. The number of hydrogen-bond donors (Lipinski definition) is 0. The van der Waals surface area contributed by atoms with Crippen LogP contribution in [0.25, 0.3) is 22.3 Å². The van der Waals surface area contributed by atoms with Crippen LogP contribution in [0, 0.1) is 13.8 Å². The predicted molar refractivity (Wildman–Crippen MR) is 111 cm³/mol. The van der Waals surface area contributed by atoms with Gasteiger partial charge in [0, 0.05) is 10.9 Å². The van der Waals surface area contributed by atoms with Gasteiger partial charge in [-0.2, -0.15) is 5.10 Å². The molecule has 0 atom stereocenters. The average Bonchev–Trinajstić information content (AvgIpc) is 3.32. The quantitative estimate of drug-likeness (QED) is 0.516. The average molecular weight is 387 g/mol. The molecule has 0 unspecified atom stereocenters. The first-order chi connectivity index (χ1) is 14.1. The molecule has 1 aliphatic heterocycles. The second kappa shape index (κ2) is 6.81. The molecule has 2 aromatic carbocycles. The minimum Gasteiger partial charge on any atom is -0.493 e. The zero-order valence-corrected chi connectivity index (χ0v) is 16.6. The van der Waals surface area contributed by atoms with E-state index in [4.69, 9.17) is 24.3 Å². The van der Waals surface area contributed by atoms with Gasteiger partial charge in [0.2, 0.25) is 12.5 Å². The van der Waals surface area contributed by atoms with Crippen molar-refractivity contribution in [3.63, 3.8) is 0 Å². The molecule has 146 valence electrons. The van der Waals surface area contributed by atoms with E-state index < -0.39 is 0 Å². The van der Waals surface area contributed by atoms with Gasteiger partial charge in [-0.25, -0.2) is 9.67 Å². The fourth-order valence-electron chi connectivity index (χ4n) is 3.86. The molecule has 3 heterocycles.